The van der Waals surface area contributed by atoms with Crippen LogP contribution in [0.1, 0.15) is 72.1 Å². The molecule has 0 unspecified atom stereocenters. The Kier molecular flexibility index (Phi) is 10.1. The fourth-order valence-corrected chi connectivity index (χ4v) is 7.94. The summed E-state index contributed by atoms with van der Waals surface area (Å²) < 4.78 is 2.24. The third kappa shape index (κ3) is 7.72. The van der Waals surface area contributed by atoms with Gasteiger partial charge in [-0.25, -0.2) is 4.98 Å². The molecule has 6 aromatic carbocycles. The van der Waals surface area contributed by atoms with Crippen LogP contribution < -0.4 is 0 Å². The van der Waals surface area contributed by atoms with Crippen molar-refractivity contribution in [2.75, 3.05) is 0 Å². The second-order valence-corrected chi connectivity index (χ2v) is 18.1. The molecule has 8 aromatic rings. The van der Waals surface area contributed by atoms with Crippen molar-refractivity contribution in [2.45, 2.75) is 72.6 Å². The van der Waals surface area contributed by atoms with Crippen molar-refractivity contribution < 1.29 is 5.11 Å². The molecule has 2 aromatic heterocycles. The molecule has 0 radical (unpaired) electrons. The normalized spacial score (nSPS) is 12.1. The molecule has 2 heterocycles. The molecule has 0 aliphatic carbocycles. The van der Waals surface area contributed by atoms with Gasteiger partial charge in [0, 0.05) is 22.9 Å². The van der Waals surface area contributed by atoms with E-state index in [9.17, 15) is 5.11 Å². The number of fused-ring (bicyclic) bond motifs is 1. The Bertz CT molecular complexity index is 2740. The average Bonchev–Trinajstić information content (AvgIpc) is 3.60. The molecule has 0 bridgehead atoms. The van der Waals surface area contributed by atoms with Gasteiger partial charge in [0.25, 0.3) is 0 Å². The minimum atomic E-state index is -0.123. The molecule has 0 spiro atoms. The molecule has 8 rings (SSSR count). The highest BCUT2D eigenvalue weighted by molar-refractivity contribution is 5.97. The second-order valence-electron chi connectivity index (χ2n) is 18.1. The van der Waals surface area contributed by atoms with Crippen LogP contribution in [0, 0.1) is 5.92 Å². The molecule has 0 aliphatic rings. The monoisotopic (exact) mass is 759 g/mol. The first-order valence-electron chi connectivity index (χ1n) is 20.5. The Morgan fingerprint density at radius 1 is 0.552 bits per heavy atom. The van der Waals surface area contributed by atoms with Gasteiger partial charge in [0.2, 0.25) is 0 Å². The summed E-state index contributed by atoms with van der Waals surface area (Å²) in [6.07, 6.45) is 2.90. The van der Waals surface area contributed by atoms with Crippen LogP contribution in [0.5, 0.6) is 5.75 Å². The maximum Gasteiger partial charge on any atom is 0.149 e. The molecular formula is C54H53N3O. The van der Waals surface area contributed by atoms with Gasteiger partial charge in [0.15, 0.2) is 0 Å². The Labute approximate surface area is 343 Å². The van der Waals surface area contributed by atoms with Crippen molar-refractivity contribution in [3.8, 4) is 67.5 Å². The summed E-state index contributed by atoms with van der Waals surface area (Å²) in [5.41, 5.74) is 15.9. The zero-order chi connectivity index (χ0) is 40.8. The van der Waals surface area contributed by atoms with Crippen LogP contribution in [0.25, 0.3) is 72.7 Å². The number of imidazole rings is 1. The van der Waals surface area contributed by atoms with Crippen LogP contribution >= 0.6 is 0 Å². The van der Waals surface area contributed by atoms with E-state index in [0.717, 1.165) is 62.2 Å². The molecule has 0 atom stereocenters. The van der Waals surface area contributed by atoms with Gasteiger partial charge < -0.3 is 5.11 Å². The van der Waals surface area contributed by atoms with Crippen molar-refractivity contribution in [3.05, 3.63) is 168 Å². The molecule has 1 N–H and O–H groups in total. The lowest BCUT2D eigenvalue weighted by Gasteiger charge is -2.22. The molecule has 290 valence electrons. The number of phenols is 1. The summed E-state index contributed by atoms with van der Waals surface area (Å²) in [7, 11) is 0. The van der Waals surface area contributed by atoms with E-state index < -0.39 is 0 Å². The average molecular weight is 760 g/mol. The first-order chi connectivity index (χ1) is 27.7. The van der Waals surface area contributed by atoms with Gasteiger partial charge in [-0.3, -0.25) is 9.55 Å². The molecule has 0 amide bonds. The molecule has 4 nitrogen and oxygen atoms in total. The van der Waals surface area contributed by atoms with Crippen LogP contribution in [-0.2, 0) is 17.3 Å². The van der Waals surface area contributed by atoms with E-state index in [2.05, 4.69) is 181 Å². The zero-order valence-corrected chi connectivity index (χ0v) is 35.0. The Hall–Kier alpha value is -6.26. The van der Waals surface area contributed by atoms with Gasteiger partial charge >= 0.3 is 0 Å². The zero-order valence-electron chi connectivity index (χ0n) is 35.0. The number of para-hydroxylation sites is 2. The number of aromatic nitrogens is 3. The standard InChI is InChI=1S/C54H53N3O/c1-35(2)29-36-21-26-48(46(30-36)38-15-10-9-11-16-38)57-49-19-14-18-44(51(49)56-52(57)45-17-12-13-20-50(45)58)40-31-41(33-43(32-40)54(6,7)8)47-34-39(27-28-55-47)37-22-24-42(25-23-37)53(3,4)5/h9-28,30-35,58H,29H2,1-8H3. The highest BCUT2D eigenvalue weighted by atomic mass is 16.3. The number of nitrogens with zero attached hydrogens (tertiary/aromatic N) is 3. The van der Waals surface area contributed by atoms with Crippen molar-refractivity contribution in [2.24, 2.45) is 5.92 Å². The fourth-order valence-electron chi connectivity index (χ4n) is 7.94. The Balaban J connectivity index is 1.34. The van der Waals surface area contributed by atoms with Crippen LogP contribution in [0.3, 0.4) is 0 Å². The molecule has 0 saturated carbocycles. The van der Waals surface area contributed by atoms with E-state index in [4.69, 9.17) is 9.97 Å². The third-order valence-electron chi connectivity index (χ3n) is 11.1. The fraction of sp³-hybridized carbons (Fsp3) is 0.222. The van der Waals surface area contributed by atoms with Crippen molar-refractivity contribution >= 4 is 11.0 Å². The summed E-state index contributed by atoms with van der Waals surface area (Å²) >= 11 is 0. The second kappa shape index (κ2) is 15.2. The van der Waals surface area contributed by atoms with Crippen LogP contribution in [0.4, 0.5) is 0 Å². The summed E-state index contributed by atoms with van der Waals surface area (Å²) in [6.45, 7) is 18.0. The van der Waals surface area contributed by atoms with E-state index in [1.165, 1.54) is 22.3 Å². The molecule has 0 saturated heterocycles. The lowest BCUT2D eigenvalue weighted by molar-refractivity contribution is 0.477. The molecule has 4 heteroatoms. The largest absolute Gasteiger partial charge is 0.507 e. The van der Waals surface area contributed by atoms with E-state index in [-0.39, 0.29) is 16.6 Å². The smallest absolute Gasteiger partial charge is 0.149 e. The predicted molar refractivity (Wildman–Crippen MR) is 244 cm³/mol. The minimum absolute atomic E-state index is 0.0922. The molecule has 58 heavy (non-hydrogen) atoms. The number of phenolic OH excluding ortho intramolecular Hbond substituents is 1. The highest BCUT2D eigenvalue weighted by Crippen LogP contribution is 2.42. The molecule has 0 fully saturated rings. The van der Waals surface area contributed by atoms with Crippen molar-refractivity contribution in [3.63, 3.8) is 0 Å². The Morgan fingerprint density at radius 3 is 1.95 bits per heavy atom. The lowest BCUT2D eigenvalue weighted by Crippen LogP contribution is -2.11. The maximum absolute atomic E-state index is 11.4. The van der Waals surface area contributed by atoms with Crippen LogP contribution in [-0.4, -0.2) is 19.6 Å². The van der Waals surface area contributed by atoms with Gasteiger partial charge in [-0.2, -0.15) is 0 Å². The highest BCUT2D eigenvalue weighted by Gasteiger charge is 2.24. The van der Waals surface area contributed by atoms with Gasteiger partial charge in [-0.15, -0.1) is 0 Å². The van der Waals surface area contributed by atoms with Crippen molar-refractivity contribution in [1.82, 2.24) is 14.5 Å². The van der Waals surface area contributed by atoms with E-state index in [0.29, 0.717) is 17.3 Å². The number of benzene rings is 6. The number of hydrogen-bond acceptors (Lipinski definition) is 3. The van der Waals surface area contributed by atoms with E-state index in [1.807, 2.05) is 24.4 Å². The first kappa shape index (κ1) is 38.6. The van der Waals surface area contributed by atoms with Gasteiger partial charge in [-0.1, -0.05) is 146 Å². The summed E-state index contributed by atoms with van der Waals surface area (Å²) in [6, 6.07) is 51.4. The van der Waals surface area contributed by atoms with Crippen LogP contribution in [0.15, 0.2) is 152 Å². The first-order valence-corrected chi connectivity index (χ1v) is 20.5. The number of pyridine rings is 1. The Morgan fingerprint density at radius 2 is 1.24 bits per heavy atom. The molecular weight excluding hydrogens is 707 g/mol. The van der Waals surface area contributed by atoms with Crippen LogP contribution in [0.2, 0.25) is 0 Å². The van der Waals surface area contributed by atoms with E-state index in [1.54, 1.807) is 6.07 Å². The quantitative estimate of drug-likeness (QED) is 0.168. The van der Waals surface area contributed by atoms with Gasteiger partial charge in [0.05, 0.1) is 28.0 Å². The summed E-state index contributed by atoms with van der Waals surface area (Å²) in [5.74, 6) is 1.40. The topological polar surface area (TPSA) is 50.9 Å². The van der Waals surface area contributed by atoms with Gasteiger partial charge in [-0.05, 0) is 117 Å². The third-order valence-corrected chi connectivity index (χ3v) is 11.1. The molecule has 0 aliphatic heterocycles. The predicted octanol–water partition coefficient (Wildman–Crippen LogP) is 14.3. The number of rotatable bonds is 8. The van der Waals surface area contributed by atoms with E-state index >= 15 is 0 Å². The summed E-state index contributed by atoms with van der Waals surface area (Å²) in [5, 5.41) is 11.4. The lowest BCUT2D eigenvalue weighted by atomic mass is 9.83. The maximum atomic E-state index is 11.4. The number of hydrogen-bond donors (Lipinski definition) is 1. The summed E-state index contributed by atoms with van der Waals surface area (Å²) in [4.78, 5) is 10.4. The SMILES string of the molecule is CC(C)Cc1ccc(-n2c(-c3ccccc3O)nc3c(-c4cc(-c5cc(-c6ccc(C(C)(C)C)cc6)ccn5)cc(C(C)(C)C)c4)cccc32)c(-c2ccccc2)c1. The number of aromatic hydroxyl groups is 1. The van der Waals surface area contributed by atoms with Gasteiger partial charge in [0.1, 0.15) is 11.6 Å². The van der Waals surface area contributed by atoms with Crippen molar-refractivity contribution in [1.29, 1.82) is 0 Å². The minimum Gasteiger partial charge on any atom is -0.507 e.